The third-order valence-corrected chi connectivity index (χ3v) is 4.46. The number of hydrogen-bond donors (Lipinski definition) is 3. The zero-order valence-corrected chi connectivity index (χ0v) is 11.0. The fraction of sp³-hybridized carbons (Fsp3) is 0.417. The summed E-state index contributed by atoms with van der Waals surface area (Å²) in [6, 6.07) is 2.76. The van der Waals surface area contributed by atoms with E-state index < -0.39 is 24.1 Å². The Labute approximate surface area is 116 Å². The van der Waals surface area contributed by atoms with Gasteiger partial charge in [-0.05, 0) is 12.1 Å². The van der Waals surface area contributed by atoms with Crippen molar-refractivity contribution in [2.45, 2.75) is 23.1 Å². The van der Waals surface area contributed by atoms with Crippen LogP contribution in [0.2, 0.25) is 0 Å². The van der Waals surface area contributed by atoms with Gasteiger partial charge in [0.25, 0.3) is 0 Å². The van der Waals surface area contributed by atoms with Crippen LogP contribution < -0.4 is 10.6 Å². The first kappa shape index (κ1) is 13.6. The van der Waals surface area contributed by atoms with Crippen molar-refractivity contribution in [1.29, 1.82) is 0 Å². The van der Waals surface area contributed by atoms with Gasteiger partial charge in [0, 0.05) is 34.1 Å². The van der Waals surface area contributed by atoms with Crippen molar-refractivity contribution in [3.8, 4) is 0 Å². The van der Waals surface area contributed by atoms with Crippen molar-refractivity contribution in [3.05, 3.63) is 17.7 Å². The van der Waals surface area contributed by atoms with Crippen molar-refractivity contribution < 1.29 is 23.1 Å². The number of benzene rings is 1. The van der Waals surface area contributed by atoms with Gasteiger partial charge in [-0.3, -0.25) is 4.79 Å². The fourth-order valence-corrected chi connectivity index (χ4v) is 3.32. The van der Waals surface area contributed by atoms with E-state index in [2.05, 4.69) is 10.6 Å². The lowest BCUT2D eigenvalue weighted by Gasteiger charge is -2.36. The van der Waals surface area contributed by atoms with Crippen molar-refractivity contribution in [3.63, 3.8) is 0 Å². The molecular formula is C12H11F3N2O2S. The highest BCUT2D eigenvalue weighted by Crippen LogP contribution is 2.49. The van der Waals surface area contributed by atoms with E-state index in [0.29, 0.717) is 17.1 Å². The molecule has 0 saturated heterocycles. The van der Waals surface area contributed by atoms with Gasteiger partial charge in [-0.15, -0.1) is 11.8 Å². The zero-order chi connectivity index (χ0) is 14.5. The molecule has 1 aromatic carbocycles. The molecule has 108 valence electrons. The first-order valence-electron chi connectivity index (χ1n) is 5.95. The van der Waals surface area contributed by atoms with Crippen molar-refractivity contribution >= 4 is 29.0 Å². The van der Waals surface area contributed by atoms with Crippen LogP contribution in [0.25, 0.3) is 0 Å². The third-order valence-electron chi connectivity index (χ3n) is 3.40. The molecule has 0 spiro atoms. The second-order valence-electron chi connectivity index (χ2n) is 4.75. The number of rotatable bonds is 0. The fourth-order valence-electron chi connectivity index (χ4n) is 2.40. The predicted octanol–water partition coefficient (Wildman–Crippen LogP) is 2.30. The first-order chi connectivity index (χ1) is 9.31. The lowest BCUT2D eigenvalue weighted by Crippen LogP contribution is -2.48. The molecule has 1 aromatic rings. The molecule has 0 fully saturated rings. The van der Waals surface area contributed by atoms with Crippen molar-refractivity contribution in [2.75, 3.05) is 22.9 Å². The number of alkyl halides is 3. The molecule has 0 radical (unpaired) electrons. The van der Waals surface area contributed by atoms with Crippen molar-refractivity contribution in [1.82, 2.24) is 0 Å². The Morgan fingerprint density at radius 1 is 1.30 bits per heavy atom. The molecule has 2 aliphatic heterocycles. The Balaban J connectivity index is 2.19. The number of halogens is 3. The molecule has 20 heavy (non-hydrogen) atoms. The minimum absolute atomic E-state index is 0.00910. The first-order valence-corrected chi connectivity index (χ1v) is 6.94. The van der Waals surface area contributed by atoms with Gasteiger partial charge in [-0.1, -0.05) is 0 Å². The van der Waals surface area contributed by atoms with Crippen LogP contribution in [0, 0.1) is 0 Å². The summed E-state index contributed by atoms with van der Waals surface area (Å²) in [5, 5.41) is 15.5. The standard InChI is InChI=1S/C12H11F3N2O2S/c13-12(14,15)11(19)5-10(18)17-7-4-8-9(3-6(7)11)20-2-1-16-8/h3-4,16,19H,1-2,5H2,(H,17,18). The lowest BCUT2D eigenvalue weighted by atomic mass is 9.85. The monoisotopic (exact) mass is 304 g/mol. The van der Waals surface area contributed by atoms with Crippen LogP contribution in [0.3, 0.4) is 0 Å². The number of carbonyl (C=O) groups is 1. The van der Waals surface area contributed by atoms with Crippen LogP contribution in [0.15, 0.2) is 17.0 Å². The molecule has 3 N–H and O–H groups in total. The van der Waals surface area contributed by atoms with Gasteiger partial charge in [-0.2, -0.15) is 13.2 Å². The number of amides is 1. The van der Waals surface area contributed by atoms with Crippen LogP contribution in [0.5, 0.6) is 0 Å². The van der Waals surface area contributed by atoms with Gasteiger partial charge in [0.2, 0.25) is 5.91 Å². The molecule has 1 atom stereocenters. The number of thioether (sulfide) groups is 1. The summed E-state index contributed by atoms with van der Waals surface area (Å²) in [5.74, 6) is -0.108. The van der Waals surface area contributed by atoms with Crippen LogP contribution in [-0.4, -0.2) is 29.5 Å². The molecule has 0 aliphatic carbocycles. The smallest absolute Gasteiger partial charge is 0.383 e. The molecule has 2 heterocycles. The lowest BCUT2D eigenvalue weighted by molar-refractivity contribution is -0.267. The Bertz CT molecular complexity index is 591. The molecule has 3 rings (SSSR count). The van der Waals surface area contributed by atoms with E-state index in [0.717, 1.165) is 5.75 Å². The van der Waals surface area contributed by atoms with E-state index in [-0.39, 0.29) is 11.3 Å². The molecule has 0 saturated carbocycles. The van der Waals surface area contributed by atoms with Crippen LogP contribution in [0.4, 0.5) is 24.5 Å². The largest absolute Gasteiger partial charge is 0.422 e. The molecule has 0 bridgehead atoms. The van der Waals surface area contributed by atoms with E-state index in [1.54, 1.807) is 0 Å². The van der Waals surface area contributed by atoms with E-state index in [9.17, 15) is 23.1 Å². The molecular weight excluding hydrogens is 293 g/mol. The number of hydrogen-bond acceptors (Lipinski definition) is 4. The van der Waals surface area contributed by atoms with Gasteiger partial charge < -0.3 is 15.7 Å². The predicted molar refractivity (Wildman–Crippen MR) is 68.9 cm³/mol. The molecule has 1 unspecified atom stereocenters. The number of aliphatic hydroxyl groups is 1. The number of fused-ring (bicyclic) bond motifs is 2. The second-order valence-corrected chi connectivity index (χ2v) is 5.89. The van der Waals surface area contributed by atoms with Crippen LogP contribution in [0.1, 0.15) is 12.0 Å². The third kappa shape index (κ3) is 1.94. The summed E-state index contributed by atoms with van der Waals surface area (Å²) >= 11 is 1.42. The van der Waals surface area contributed by atoms with Crippen LogP contribution >= 0.6 is 11.8 Å². The highest BCUT2D eigenvalue weighted by molar-refractivity contribution is 7.99. The van der Waals surface area contributed by atoms with E-state index >= 15 is 0 Å². The molecule has 0 aromatic heterocycles. The average Bonchev–Trinajstić information content (AvgIpc) is 2.35. The zero-order valence-electron chi connectivity index (χ0n) is 10.2. The minimum Gasteiger partial charge on any atom is -0.383 e. The van der Waals surface area contributed by atoms with Gasteiger partial charge >= 0.3 is 6.18 Å². The quantitative estimate of drug-likeness (QED) is 0.688. The maximum absolute atomic E-state index is 13.2. The highest BCUT2D eigenvalue weighted by Gasteiger charge is 2.58. The summed E-state index contributed by atoms with van der Waals surface area (Å²) in [4.78, 5) is 12.1. The Hall–Kier alpha value is -1.41. The van der Waals surface area contributed by atoms with Gasteiger partial charge in [0.05, 0.1) is 6.42 Å². The number of nitrogens with one attached hydrogen (secondary N) is 2. The summed E-state index contributed by atoms with van der Waals surface area (Å²) in [5.41, 5.74) is -2.74. The summed E-state index contributed by atoms with van der Waals surface area (Å²) in [6.07, 6.45) is -5.92. The maximum atomic E-state index is 13.2. The van der Waals surface area contributed by atoms with E-state index in [1.165, 1.54) is 23.9 Å². The van der Waals surface area contributed by atoms with Crippen molar-refractivity contribution in [2.24, 2.45) is 0 Å². The minimum atomic E-state index is -4.90. The molecule has 4 nitrogen and oxygen atoms in total. The Kier molecular flexibility index (Phi) is 2.91. The van der Waals surface area contributed by atoms with Gasteiger partial charge in [0.1, 0.15) is 0 Å². The average molecular weight is 304 g/mol. The highest BCUT2D eigenvalue weighted by atomic mass is 32.2. The second kappa shape index (κ2) is 4.29. The maximum Gasteiger partial charge on any atom is 0.422 e. The molecule has 1 amide bonds. The normalized spacial score (nSPS) is 25.3. The number of anilines is 2. The summed E-state index contributed by atoms with van der Waals surface area (Å²) < 4.78 is 39.5. The Morgan fingerprint density at radius 3 is 2.75 bits per heavy atom. The van der Waals surface area contributed by atoms with Gasteiger partial charge in [0.15, 0.2) is 5.60 Å². The molecule has 8 heteroatoms. The van der Waals surface area contributed by atoms with E-state index in [1.807, 2.05) is 0 Å². The molecule has 2 aliphatic rings. The topological polar surface area (TPSA) is 61.4 Å². The van der Waals surface area contributed by atoms with Crippen LogP contribution in [-0.2, 0) is 10.4 Å². The number of carbonyl (C=O) groups excluding carboxylic acids is 1. The SMILES string of the molecule is O=C1CC(O)(C(F)(F)F)c2cc3c(cc2N1)NCCS3. The van der Waals surface area contributed by atoms with E-state index in [4.69, 9.17) is 0 Å². The summed E-state index contributed by atoms with van der Waals surface area (Å²) in [6.45, 7) is 0.702. The summed E-state index contributed by atoms with van der Waals surface area (Å²) in [7, 11) is 0. The Morgan fingerprint density at radius 2 is 2.05 bits per heavy atom. The van der Waals surface area contributed by atoms with Gasteiger partial charge in [-0.25, -0.2) is 0 Å².